The van der Waals surface area contributed by atoms with Crippen molar-refractivity contribution >= 4 is 5.91 Å². The Hall–Kier alpha value is -2.71. The SMILES string of the molecule is O=C(NCC1(c2cccc(OC(F)(F)F)c2)CCC1)c1cnn2c1OCCC2. The van der Waals surface area contributed by atoms with E-state index < -0.39 is 11.8 Å². The Kier molecular flexibility index (Phi) is 4.68. The minimum absolute atomic E-state index is 0.248. The van der Waals surface area contributed by atoms with Gasteiger partial charge in [-0.15, -0.1) is 13.2 Å². The van der Waals surface area contributed by atoms with Gasteiger partial charge in [0.25, 0.3) is 5.91 Å². The molecule has 0 bridgehead atoms. The van der Waals surface area contributed by atoms with E-state index in [1.54, 1.807) is 16.8 Å². The fourth-order valence-electron chi connectivity index (χ4n) is 3.76. The second kappa shape index (κ2) is 7.03. The fourth-order valence-corrected chi connectivity index (χ4v) is 3.76. The maximum Gasteiger partial charge on any atom is 0.573 e. The van der Waals surface area contributed by atoms with Gasteiger partial charge in [-0.25, -0.2) is 4.68 Å². The average Bonchev–Trinajstić information content (AvgIpc) is 3.04. The summed E-state index contributed by atoms with van der Waals surface area (Å²) in [6, 6.07) is 6.00. The first kappa shape index (κ1) is 18.6. The quantitative estimate of drug-likeness (QED) is 0.843. The number of hydrogen-bond donors (Lipinski definition) is 1. The third-order valence-corrected chi connectivity index (χ3v) is 5.37. The average molecular weight is 395 g/mol. The molecule has 1 saturated carbocycles. The number of aromatic nitrogens is 2. The predicted molar refractivity (Wildman–Crippen MR) is 93.3 cm³/mol. The highest BCUT2D eigenvalue weighted by molar-refractivity contribution is 5.96. The number of fused-ring (bicyclic) bond motifs is 1. The number of nitrogens with one attached hydrogen (secondary N) is 1. The third kappa shape index (κ3) is 3.65. The lowest BCUT2D eigenvalue weighted by Crippen LogP contribution is -2.45. The molecule has 1 aromatic heterocycles. The zero-order valence-electron chi connectivity index (χ0n) is 15.1. The van der Waals surface area contributed by atoms with Crippen LogP contribution in [-0.2, 0) is 12.0 Å². The molecule has 1 N–H and O–H groups in total. The van der Waals surface area contributed by atoms with Crippen molar-refractivity contribution in [3.05, 3.63) is 41.6 Å². The van der Waals surface area contributed by atoms with E-state index in [0.717, 1.165) is 31.2 Å². The maximum absolute atomic E-state index is 12.6. The molecular formula is C19H20F3N3O3. The number of alkyl halides is 3. The summed E-state index contributed by atoms with van der Waals surface area (Å²) in [5.41, 5.74) is 0.715. The molecule has 150 valence electrons. The van der Waals surface area contributed by atoms with Gasteiger partial charge >= 0.3 is 6.36 Å². The van der Waals surface area contributed by atoms with Crippen molar-refractivity contribution < 1.29 is 27.4 Å². The molecule has 0 unspecified atom stereocenters. The largest absolute Gasteiger partial charge is 0.573 e. The Morgan fingerprint density at radius 2 is 2.14 bits per heavy atom. The first-order valence-corrected chi connectivity index (χ1v) is 9.19. The fraction of sp³-hybridized carbons (Fsp3) is 0.474. The Bertz CT molecular complexity index is 875. The molecule has 0 radical (unpaired) electrons. The lowest BCUT2D eigenvalue weighted by Gasteiger charge is -2.42. The van der Waals surface area contributed by atoms with Crippen LogP contribution in [0.25, 0.3) is 0 Å². The second-order valence-corrected chi connectivity index (χ2v) is 7.18. The summed E-state index contributed by atoms with van der Waals surface area (Å²) in [7, 11) is 0. The number of ether oxygens (including phenoxy) is 2. The van der Waals surface area contributed by atoms with E-state index in [2.05, 4.69) is 15.2 Å². The molecule has 1 aliphatic carbocycles. The van der Waals surface area contributed by atoms with Gasteiger partial charge in [0.05, 0.1) is 12.8 Å². The smallest absolute Gasteiger partial charge is 0.477 e. The van der Waals surface area contributed by atoms with Crippen LogP contribution in [0.4, 0.5) is 13.2 Å². The lowest BCUT2D eigenvalue weighted by molar-refractivity contribution is -0.274. The van der Waals surface area contributed by atoms with Crippen LogP contribution in [0.1, 0.15) is 41.6 Å². The zero-order chi connectivity index (χ0) is 19.8. The molecule has 2 aliphatic rings. The van der Waals surface area contributed by atoms with Crippen molar-refractivity contribution in [1.82, 2.24) is 15.1 Å². The first-order valence-electron chi connectivity index (χ1n) is 9.19. The molecule has 1 fully saturated rings. The number of benzene rings is 1. The molecule has 0 atom stereocenters. The van der Waals surface area contributed by atoms with Crippen LogP contribution in [-0.4, -0.2) is 35.2 Å². The molecule has 2 aromatic rings. The van der Waals surface area contributed by atoms with Gasteiger partial charge in [-0.1, -0.05) is 18.6 Å². The molecule has 2 heterocycles. The number of halogens is 3. The van der Waals surface area contributed by atoms with Gasteiger partial charge in [0.15, 0.2) is 0 Å². The topological polar surface area (TPSA) is 65.4 Å². The van der Waals surface area contributed by atoms with E-state index in [4.69, 9.17) is 4.74 Å². The monoisotopic (exact) mass is 395 g/mol. The van der Waals surface area contributed by atoms with E-state index in [9.17, 15) is 18.0 Å². The van der Waals surface area contributed by atoms with Crippen molar-refractivity contribution in [2.45, 2.75) is 44.0 Å². The van der Waals surface area contributed by atoms with Gasteiger partial charge in [-0.3, -0.25) is 4.79 Å². The van der Waals surface area contributed by atoms with Gasteiger partial charge in [0.1, 0.15) is 11.3 Å². The number of nitrogens with zero attached hydrogens (tertiary/aromatic N) is 2. The molecular weight excluding hydrogens is 375 g/mol. The van der Waals surface area contributed by atoms with Crippen LogP contribution in [0.15, 0.2) is 30.5 Å². The molecule has 0 spiro atoms. The molecule has 1 aromatic carbocycles. The van der Waals surface area contributed by atoms with E-state index in [0.29, 0.717) is 31.1 Å². The molecule has 28 heavy (non-hydrogen) atoms. The minimum atomic E-state index is -4.73. The summed E-state index contributed by atoms with van der Waals surface area (Å²) in [4.78, 5) is 12.6. The van der Waals surface area contributed by atoms with Crippen molar-refractivity contribution in [3.63, 3.8) is 0 Å². The molecule has 1 aliphatic heterocycles. The lowest BCUT2D eigenvalue weighted by atomic mass is 9.64. The van der Waals surface area contributed by atoms with Crippen LogP contribution < -0.4 is 14.8 Å². The Balaban J connectivity index is 1.48. The molecule has 4 rings (SSSR count). The van der Waals surface area contributed by atoms with Gasteiger partial charge < -0.3 is 14.8 Å². The van der Waals surface area contributed by atoms with Gasteiger partial charge in [-0.05, 0) is 30.5 Å². The Morgan fingerprint density at radius 1 is 1.32 bits per heavy atom. The number of amides is 1. The molecule has 1 amide bonds. The van der Waals surface area contributed by atoms with Crippen molar-refractivity contribution in [3.8, 4) is 11.6 Å². The number of aryl methyl sites for hydroxylation is 1. The number of carbonyl (C=O) groups excluding carboxylic acids is 1. The maximum atomic E-state index is 12.6. The number of rotatable bonds is 5. The van der Waals surface area contributed by atoms with Crippen LogP contribution >= 0.6 is 0 Å². The summed E-state index contributed by atoms with van der Waals surface area (Å²) < 4.78 is 48.8. The van der Waals surface area contributed by atoms with Crippen LogP contribution in [0.2, 0.25) is 0 Å². The van der Waals surface area contributed by atoms with E-state index in [1.165, 1.54) is 18.3 Å². The van der Waals surface area contributed by atoms with Crippen molar-refractivity contribution in [2.75, 3.05) is 13.2 Å². The van der Waals surface area contributed by atoms with Crippen molar-refractivity contribution in [2.24, 2.45) is 0 Å². The molecule has 6 nitrogen and oxygen atoms in total. The Morgan fingerprint density at radius 3 is 2.86 bits per heavy atom. The number of hydrogen-bond acceptors (Lipinski definition) is 4. The normalized spacial score (nSPS) is 17.8. The van der Waals surface area contributed by atoms with E-state index in [1.807, 2.05) is 0 Å². The van der Waals surface area contributed by atoms with Crippen LogP contribution in [0.3, 0.4) is 0 Å². The summed E-state index contributed by atoms with van der Waals surface area (Å²) in [5, 5.41) is 7.08. The van der Waals surface area contributed by atoms with Crippen LogP contribution in [0, 0.1) is 0 Å². The van der Waals surface area contributed by atoms with Gasteiger partial charge in [0.2, 0.25) is 5.88 Å². The predicted octanol–water partition coefficient (Wildman–Crippen LogP) is 3.42. The van der Waals surface area contributed by atoms with Gasteiger partial charge in [0, 0.05) is 24.9 Å². The highest BCUT2D eigenvalue weighted by atomic mass is 19.4. The molecule has 0 saturated heterocycles. The summed E-state index contributed by atoms with van der Waals surface area (Å²) in [5.74, 6) is -0.0780. The summed E-state index contributed by atoms with van der Waals surface area (Å²) in [6.45, 7) is 1.58. The second-order valence-electron chi connectivity index (χ2n) is 7.18. The minimum Gasteiger partial charge on any atom is -0.477 e. The van der Waals surface area contributed by atoms with E-state index >= 15 is 0 Å². The summed E-state index contributed by atoms with van der Waals surface area (Å²) >= 11 is 0. The standard InChI is InChI=1S/C19H20F3N3O3/c20-19(21,22)28-14-5-1-4-13(10-14)18(6-2-7-18)12-23-16(26)15-11-24-25-8-3-9-27-17(15)25/h1,4-5,10-11H,2-3,6-9,12H2,(H,23,26). The van der Waals surface area contributed by atoms with Gasteiger partial charge in [-0.2, -0.15) is 5.10 Å². The highest BCUT2D eigenvalue weighted by Crippen LogP contribution is 2.44. The first-order chi connectivity index (χ1) is 13.4. The van der Waals surface area contributed by atoms with Crippen LogP contribution in [0.5, 0.6) is 11.6 Å². The Labute approximate surface area is 159 Å². The number of carbonyl (C=O) groups is 1. The molecule has 9 heteroatoms. The summed E-state index contributed by atoms with van der Waals surface area (Å²) in [6.07, 6.45) is 0.112. The highest BCUT2D eigenvalue weighted by Gasteiger charge is 2.40. The third-order valence-electron chi connectivity index (χ3n) is 5.37. The van der Waals surface area contributed by atoms with Crippen molar-refractivity contribution in [1.29, 1.82) is 0 Å². The van der Waals surface area contributed by atoms with E-state index in [-0.39, 0.29) is 11.7 Å². The zero-order valence-corrected chi connectivity index (χ0v) is 15.1.